The predicted molar refractivity (Wildman–Crippen MR) is 65.4 cm³/mol. The molecule has 3 rings (SSSR count). The fraction of sp³-hybridized carbons (Fsp3) is 1.00. The van der Waals surface area contributed by atoms with Crippen LogP contribution in [0.15, 0.2) is 0 Å². The van der Waals surface area contributed by atoms with Crippen LogP contribution in [0.1, 0.15) is 51.9 Å². The van der Waals surface area contributed by atoms with Gasteiger partial charge in [-0.05, 0) is 43.9 Å². The normalized spacial score (nSPS) is 42.9. The molecule has 0 bridgehead atoms. The zero-order valence-corrected chi connectivity index (χ0v) is 10.5. The van der Waals surface area contributed by atoms with Gasteiger partial charge in [-0.15, -0.1) is 0 Å². The van der Waals surface area contributed by atoms with E-state index >= 15 is 0 Å². The average Bonchev–Trinajstić information content (AvgIpc) is 2.28. The van der Waals surface area contributed by atoms with Crippen molar-refractivity contribution in [3.63, 3.8) is 0 Å². The molecule has 1 spiro atoms. The second kappa shape index (κ2) is 4.30. The highest BCUT2D eigenvalue weighted by Gasteiger charge is 2.49. The number of rotatable bonds is 1. The molecule has 1 heterocycles. The molecule has 0 amide bonds. The molecule has 2 heteroatoms. The Kier molecular flexibility index (Phi) is 2.97. The molecule has 1 N–H and O–H groups in total. The number of hydrogen-bond donors (Lipinski definition) is 1. The SMILES string of the molecule is CC1CCC(C2NCCOC23CCC3)CC1. The average molecular weight is 223 g/mol. The minimum Gasteiger partial charge on any atom is -0.372 e. The van der Waals surface area contributed by atoms with Crippen molar-refractivity contribution in [2.24, 2.45) is 11.8 Å². The molecule has 92 valence electrons. The van der Waals surface area contributed by atoms with Crippen LogP contribution in [0.3, 0.4) is 0 Å². The number of morpholine rings is 1. The van der Waals surface area contributed by atoms with Crippen molar-refractivity contribution in [3.05, 3.63) is 0 Å². The molecule has 0 radical (unpaired) electrons. The quantitative estimate of drug-likeness (QED) is 0.738. The van der Waals surface area contributed by atoms with E-state index in [0.717, 1.165) is 25.0 Å². The Bertz CT molecular complexity index is 241. The highest BCUT2D eigenvalue weighted by Crippen LogP contribution is 2.45. The molecule has 0 aromatic heterocycles. The zero-order valence-electron chi connectivity index (χ0n) is 10.5. The summed E-state index contributed by atoms with van der Waals surface area (Å²) in [6.07, 6.45) is 9.68. The summed E-state index contributed by atoms with van der Waals surface area (Å²) in [6.45, 7) is 4.40. The van der Waals surface area contributed by atoms with Crippen LogP contribution in [0.5, 0.6) is 0 Å². The lowest BCUT2D eigenvalue weighted by Gasteiger charge is -2.54. The fourth-order valence-corrected chi connectivity index (χ4v) is 3.94. The first kappa shape index (κ1) is 11.0. The van der Waals surface area contributed by atoms with E-state index in [4.69, 9.17) is 4.74 Å². The summed E-state index contributed by atoms with van der Waals surface area (Å²) in [7, 11) is 0. The Morgan fingerprint density at radius 2 is 1.88 bits per heavy atom. The molecule has 3 fully saturated rings. The van der Waals surface area contributed by atoms with Crippen LogP contribution in [-0.4, -0.2) is 24.8 Å². The second-order valence-corrected chi connectivity index (χ2v) is 6.22. The lowest BCUT2D eigenvalue weighted by Crippen LogP contribution is -2.64. The molecule has 16 heavy (non-hydrogen) atoms. The predicted octanol–water partition coefficient (Wildman–Crippen LogP) is 2.72. The van der Waals surface area contributed by atoms with Gasteiger partial charge in [-0.3, -0.25) is 0 Å². The van der Waals surface area contributed by atoms with Crippen LogP contribution < -0.4 is 5.32 Å². The monoisotopic (exact) mass is 223 g/mol. The third-order valence-corrected chi connectivity index (χ3v) is 5.15. The van der Waals surface area contributed by atoms with E-state index in [1.165, 1.54) is 44.9 Å². The maximum Gasteiger partial charge on any atom is 0.0838 e. The zero-order chi connectivity index (χ0) is 11.0. The Morgan fingerprint density at radius 1 is 1.12 bits per heavy atom. The van der Waals surface area contributed by atoms with Gasteiger partial charge in [0.15, 0.2) is 0 Å². The first-order valence-electron chi connectivity index (χ1n) is 7.17. The van der Waals surface area contributed by atoms with Crippen molar-refractivity contribution in [3.8, 4) is 0 Å². The van der Waals surface area contributed by atoms with Gasteiger partial charge in [-0.1, -0.05) is 19.8 Å². The molecule has 1 atom stereocenters. The van der Waals surface area contributed by atoms with Gasteiger partial charge in [0.25, 0.3) is 0 Å². The summed E-state index contributed by atoms with van der Waals surface area (Å²) in [5.41, 5.74) is 0.253. The minimum atomic E-state index is 0.253. The molecule has 1 aliphatic heterocycles. The molecular formula is C14H25NO. The van der Waals surface area contributed by atoms with Crippen LogP contribution in [0, 0.1) is 11.8 Å². The third-order valence-electron chi connectivity index (χ3n) is 5.15. The summed E-state index contributed by atoms with van der Waals surface area (Å²) in [4.78, 5) is 0. The lowest BCUT2D eigenvalue weighted by atomic mass is 9.66. The number of ether oxygens (including phenoxy) is 1. The highest BCUT2D eigenvalue weighted by atomic mass is 16.5. The Morgan fingerprint density at radius 3 is 2.50 bits per heavy atom. The van der Waals surface area contributed by atoms with Crippen LogP contribution in [0.25, 0.3) is 0 Å². The second-order valence-electron chi connectivity index (χ2n) is 6.22. The van der Waals surface area contributed by atoms with Crippen LogP contribution >= 0.6 is 0 Å². The van der Waals surface area contributed by atoms with Gasteiger partial charge in [0.2, 0.25) is 0 Å². The van der Waals surface area contributed by atoms with Crippen molar-refractivity contribution >= 4 is 0 Å². The van der Waals surface area contributed by atoms with Crippen molar-refractivity contribution in [1.82, 2.24) is 5.32 Å². The minimum absolute atomic E-state index is 0.253. The summed E-state index contributed by atoms with van der Waals surface area (Å²) in [6, 6.07) is 0.669. The van der Waals surface area contributed by atoms with Gasteiger partial charge in [0.05, 0.1) is 12.2 Å². The molecule has 1 unspecified atom stereocenters. The first-order valence-corrected chi connectivity index (χ1v) is 7.17. The highest BCUT2D eigenvalue weighted by molar-refractivity contribution is 5.04. The van der Waals surface area contributed by atoms with E-state index in [9.17, 15) is 0 Å². The Hall–Kier alpha value is -0.0800. The van der Waals surface area contributed by atoms with E-state index < -0.39 is 0 Å². The largest absolute Gasteiger partial charge is 0.372 e. The molecular weight excluding hydrogens is 198 g/mol. The smallest absolute Gasteiger partial charge is 0.0838 e. The van der Waals surface area contributed by atoms with Gasteiger partial charge < -0.3 is 10.1 Å². The van der Waals surface area contributed by atoms with Crippen LogP contribution in [0.4, 0.5) is 0 Å². The number of hydrogen-bond acceptors (Lipinski definition) is 2. The standard InChI is InChI=1S/C14H25NO/c1-11-3-5-12(6-4-11)13-14(7-2-8-14)16-10-9-15-13/h11-13,15H,2-10H2,1H3. The summed E-state index contributed by atoms with van der Waals surface area (Å²) >= 11 is 0. The summed E-state index contributed by atoms with van der Waals surface area (Å²) in [5.74, 6) is 1.84. The molecule has 2 saturated carbocycles. The van der Waals surface area contributed by atoms with Gasteiger partial charge >= 0.3 is 0 Å². The molecule has 3 aliphatic rings. The van der Waals surface area contributed by atoms with E-state index in [1.54, 1.807) is 0 Å². The van der Waals surface area contributed by atoms with Gasteiger partial charge in [-0.25, -0.2) is 0 Å². The molecule has 2 nitrogen and oxygen atoms in total. The van der Waals surface area contributed by atoms with Crippen molar-refractivity contribution in [1.29, 1.82) is 0 Å². The fourth-order valence-electron chi connectivity index (χ4n) is 3.94. The van der Waals surface area contributed by atoms with E-state index in [2.05, 4.69) is 12.2 Å². The first-order chi connectivity index (χ1) is 7.80. The third kappa shape index (κ3) is 1.80. The lowest BCUT2D eigenvalue weighted by molar-refractivity contribution is -0.159. The van der Waals surface area contributed by atoms with Crippen molar-refractivity contribution < 1.29 is 4.74 Å². The van der Waals surface area contributed by atoms with Gasteiger partial charge in [0, 0.05) is 12.6 Å². The van der Waals surface area contributed by atoms with Crippen molar-refractivity contribution in [2.75, 3.05) is 13.2 Å². The maximum absolute atomic E-state index is 6.13. The van der Waals surface area contributed by atoms with Crippen molar-refractivity contribution in [2.45, 2.75) is 63.5 Å². The molecule has 0 aromatic rings. The van der Waals surface area contributed by atoms with E-state index in [0.29, 0.717) is 6.04 Å². The van der Waals surface area contributed by atoms with Crippen LogP contribution in [0.2, 0.25) is 0 Å². The number of nitrogens with one attached hydrogen (secondary N) is 1. The molecule has 1 saturated heterocycles. The summed E-state index contributed by atoms with van der Waals surface area (Å²) < 4.78 is 6.13. The van der Waals surface area contributed by atoms with Gasteiger partial charge in [0.1, 0.15) is 0 Å². The maximum atomic E-state index is 6.13. The Balaban J connectivity index is 1.67. The van der Waals surface area contributed by atoms with Crippen LogP contribution in [-0.2, 0) is 4.74 Å². The topological polar surface area (TPSA) is 21.3 Å². The summed E-state index contributed by atoms with van der Waals surface area (Å²) in [5, 5.41) is 3.77. The molecule has 2 aliphatic carbocycles. The van der Waals surface area contributed by atoms with Gasteiger partial charge in [-0.2, -0.15) is 0 Å². The Labute approximate surface area is 99.1 Å². The van der Waals surface area contributed by atoms with E-state index in [-0.39, 0.29) is 5.60 Å². The molecule has 0 aromatic carbocycles. The van der Waals surface area contributed by atoms with E-state index in [1.807, 2.05) is 0 Å².